The van der Waals surface area contributed by atoms with Crippen molar-refractivity contribution >= 4 is 15.9 Å². The molecule has 3 nitrogen and oxygen atoms in total. The molecular weight excluding hydrogens is 290 g/mol. The molecule has 0 spiro atoms. The summed E-state index contributed by atoms with van der Waals surface area (Å²) >= 11 is 3.65. The van der Waals surface area contributed by atoms with Crippen LogP contribution in [-0.4, -0.2) is 16.3 Å². The molecule has 0 bridgehead atoms. The third-order valence-electron chi connectivity index (χ3n) is 3.09. The quantitative estimate of drug-likeness (QED) is 0.767. The molecule has 0 aliphatic carbocycles. The number of nitrogens with one attached hydrogen (secondary N) is 1. The van der Waals surface area contributed by atoms with E-state index in [1.807, 2.05) is 6.20 Å². The summed E-state index contributed by atoms with van der Waals surface area (Å²) in [6, 6.07) is 0.808. The van der Waals surface area contributed by atoms with Crippen LogP contribution in [-0.2, 0) is 0 Å². The Bertz CT molecular complexity index is 339. The van der Waals surface area contributed by atoms with Crippen molar-refractivity contribution in [2.45, 2.75) is 65.5 Å². The van der Waals surface area contributed by atoms with Gasteiger partial charge in [-0.1, -0.05) is 26.7 Å². The Balaban J connectivity index is 2.91. The second-order valence-corrected chi connectivity index (χ2v) is 5.92. The van der Waals surface area contributed by atoms with E-state index in [2.05, 4.69) is 58.7 Å². The highest BCUT2D eigenvalue weighted by Gasteiger charge is 2.20. The average Bonchev–Trinajstić information content (AvgIpc) is 2.72. The van der Waals surface area contributed by atoms with Crippen LogP contribution < -0.4 is 5.32 Å². The molecule has 0 aliphatic heterocycles. The minimum atomic E-state index is 0.402. The van der Waals surface area contributed by atoms with Gasteiger partial charge in [0.05, 0.1) is 22.4 Å². The van der Waals surface area contributed by atoms with Crippen molar-refractivity contribution in [3.8, 4) is 0 Å². The van der Waals surface area contributed by atoms with E-state index < -0.39 is 0 Å². The van der Waals surface area contributed by atoms with Gasteiger partial charge in [-0.3, -0.25) is 4.68 Å². The van der Waals surface area contributed by atoms with Crippen LogP contribution in [0.2, 0.25) is 0 Å². The molecular formula is C14H26BrN3. The topological polar surface area (TPSA) is 29.9 Å². The first-order valence-corrected chi connectivity index (χ1v) is 7.87. The third-order valence-corrected chi connectivity index (χ3v) is 3.70. The fourth-order valence-corrected chi connectivity index (χ4v) is 2.70. The molecule has 0 fully saturated rings. The predicted molar refractivity (Wildman–Crippen MR) is 80.9 cm³/mol. The highest BCUT2D eigenvalue weighted by atomic mass is 79.9. The molecule has 0 radical (unpaired) electrons. The molecule has 1 atom stereocenters. The van der Waals surface area contributed by atoms with Crippen molar-refractivity contribution < 1.29 is 0 Å². The number of rotatable bonds is 8. The van der Waals surface area contributed by atoms with E-state index in [9.17, 15) is 0 Å². The summed E-state index contributed by atoms with van der Waals surface area (Å²) in [4.78, 5) is 0. The molecule has 1 aromatic heterocycles. The first-order valence-electron chi connectivity index (χ1n) is 7.08. The first-order chi connectivity index (χ1) is 8.61. The van der Waals surface area contributed by atoms with Crippen molar-refractivity contribution in [3.05, 3.63) is 16.4 Å². The summed E-state index contributed by atoms with van der Waals surface area (Å²) in [5.74, 6) is 0. The molecule has 0 aromatic carbocycles. The van der Waals surface area contributed by atoms with Crippen LogP contribution in [0.5, 0.6) is 0 Å². The van der Waals surface area contributed by atoms with Crippen LogP contribution in [0.3, 0.4) is 0 Å². The van der Waals surface area contributed by atoms with Crippen molar-refractivity contribution in [1.82, 2.24) is 15.1 Å². The number of hydrogen-bond donors (Lipinski definition) is 1. The van der Waals surface area contributed by atoms with Gasteiger partial charge in [-0.05, 0) is 49.2 Å². The van der Waals surface area contributed by atoms with E-state index >= 15 is 0 Å². The van der Waals surface area contributed by atoms with Crippen LogP contribution in [0, 0.1) is 0 Å². The fourth-order valence-electron chi connectivity index (χ4n) is 2.15. The van der Waals surface area contributed by atoms with Crippen LogP contribution in [0.1, 0.15) is 71.2 Å². The van der Waals surface area contributed by atoms with E-state index in [4.69, 9.17) is 0 Å². The smallest absolute Gasteiger partial charge is 0.0698 e. The Hall–Kier alpha value is -0.350. The monoisotopic (exact) mass is 315 g/mol. The predicted octanol–water partition coefficient (Wildman–Crippen LogP) is 4.46. The maximum Gasteiger partial charge on any atom is 0.0698 e. The zero-order valence-corrected chi connectivity index (χ0v) is 13.6. The van der Waals surface area contributed by atoms with Gasteiger partial charge in [-0.2, -0.15) is 5.10 Å². The van der Waals surface area contributed by atoms with Gasteiger partial charge in [0, 0.05) is 6.04 Å². The average molecular weight is 316 g/mol. The van der Waals surface area contributed by atoms with Crippen molar-refractivity contribution in [2.75, 3.05) is 6.54 Å². The molecule has 0 saturated heterocycles. The summed E-state index contributed by atoms with van der Waals surface area (Å²) in [5, 5.41) is 8.13. The number of hydrogen-bond acceptors (Lipinski definition) is 2. The normalized spacial score (nSPS) is 13.2. The van der Waals surface area contributed by atoms with E-state index in [1.165, 1.54) is 25.0 Å². The minimum absolute atomic E-state index is 0.402. The van der Waals surface area contributed by atoms with Crippen LogP contribution in [0.15, 0.2) is 10.7 Å². The molecule has 0 amide bonds. The first kappa shape index (κ1) is 15.7. The number of aromatic nitrogens is 2. The van der Waals surface area contributed by atoms with Gasteiger partial charge in [0.15, 0.2) is 0 Å². The molecule has 0 aliphatic rings. The zero-order chi connectivity index (χ0) is 13.5. The second-order valence-electron chi connectivity index (χ2n) is 5.07. The Kier molecular flexibility index (Phi) is 6.94. The summed E-state index contributed by atoms with van der Waals surface area (Å²) in [6.45, 7) is 9.87. The molecule has 1 aromatic rings. The standard InChI is InChI=1S/C14H26BrN3/c1-5-7-8-13(16-9-6-2)14-12(15)10-17-18(14)11(3)4/h10-11,13,16H,5-9H2,1-4H3. The van der Waals surface area contributed by atoms with Crippen LogP contribution >= 0.6 is 15.9 Å². The molecule has 1 unspecified atom stereocenters. The van der Waals surface area contributed by atoms with Gasteiger partial charge in [-0.15, -0.1) is 0 Å². The number of halogens is 1. The highest BCUT2D eigenvalue weighted by molar-refractivity contribution is 9.10. The number of unbranched alkanes of at least 4 members (excludes halogenated alkanes) is 1. The van der Waals surface area contributed by atoms with Crippen molar-refractivity contribution in [1.29, 1.82) is 0 Å². The molecule has 1 heterocycles. The maximum absolute atomic E-state index is 4.48. The Labute approximate surface area is 119 Å². The lowest BCUT2D eigenvalue weighted by Gasteiger charge is -2.22. The minimum Gasteiger partial charge on any atom is -0.309 e. The summed E-state index contributed by atoms with van der Waals surface area (Å²) in [7, 11) is 0. The van der Waals surface area contributed by atoms with Gasteiger partial charge in [0.2, 0.25) is 0 Å². The molecule has 18 heavy (non-hydrogen) atoms. The van der Waals surface area contributed by atoms with Gasteiger partial charge in [-0.25, -0.2) is 0 Å². The van der Waals surface area contributed by atoms with Crippen LogP contribution in [0.25, 0.3) is 0 Å². The number of nitrogens with zero attached hydrogens (tertiary/aromatic N) is 2. The molecule has 104 valence electrons. The largest absolute Gasteiger partial charge is 0.309 e. The highest BCUT2D eigenvalue weighted by Crippen LogP contribution is 2.29. The van der Waals surface area contributed by atoms with E-state index in [0.29, 0.717) is 12.1 Å². The summed E-state index contributed by atoms with van der Waals surface area (Å²) in [5.41, 5.74) is 1.30. The van der Waals surface area contributed by atoms with E-state index in [0.717, 1.165) is 17.4 Å². The van der Waals surface area contributed by atoms with Crippen molar-refractivity contribution in [2.24, 2.45) is 0 Å². The second kappa shape index (κ2) is 7.95. The maximum atomic E-state index is 4.48. The fraction of sp³-hybridized carbons (Fsp3) is 0.786. The van der Waals surface area contributed by atoms with E-state index in [-0.39, 0.29) is 0 Å². The SMILES string of the molecule is CCCCC(NCCC)c1c(Br)cnn1C(C)C. The molecule has 4 heteroatoms. The summed E-state index contributed by atoms with van der Waals surface area (Å²) in [6.07, 6.45) is 6.74. The lowest BCUT2D eigenvalue weighted by Crippen LogP contribution is -2.25. The van der Waals surface area contributed by atoms with Gasteiger partial charge in [0.1, 0.15) is 0 Å². The van der Waals surface area contributed by atoms with Gasteiger partial charge < -0.3 is 5.32 Å². The Morgan fingerprint density at radius 2 is 2.06 bits per heavy atom. The van der Waals surface area contributed by atoms with Crippen LogP contribution in [0.4, 0.5) is 0 Å². The Morgan fingerprint density at radius 3 is 2.61 bits per heavy atom. The lowest BCUT2D eigenvalue weighted by molar-refractivity contribution is 0.418. The van der Waals surface area contributed by atoms with E-state index in [1.54, 1.807) is 0 Å². The third kappa shape index (κ3) is 4.09. The van der Waals surface area contributed by atoms with Crippen molar-refractivity contribution in [3.63, 3.8) is 0 Å². The molecule has 0 saturated carbocycles. The van der Waals surface area contributed by atoms with Gasteiger partial charge in [0.25, 0.3) is 0 Å². The molecule has 1 rings (SSSR count). The lowest BCUT2D eigenvalue weighted by atomic mass is 10.1. The zero-order valence-electron chi connectivity index (χ0n) is 12.0. The Morgan fingerprint density at radius 1 is 1.33 bits per heavy atom. The summed E-state index contributed by atoms with van der Waals surface area (Å²) < 4.78 is 3.26. The van der Waals surface area contributed by atoms with Gasteiger partial charge >= 0.3 is 0 Å². The molecule has 1 N–H and O–H groups in total.